The average molecular weight is 402 g/mol. The SMILES string of the molecule is O=[N+]([O-])c1ccccc1S(=O)(=O)NC(F)(F)C(F)(F)C(F)(F)C(F)F. The van der Waals surface area contributed by atoms with Gasteiger partial charge in [-0.05, 0) is 6.07 Å². The van der Waals surface area contributed by atoms with Crippen molar-refractivity contribution >= 4 is 15.7 Å². The molecule has 0 aliphatic rings. The Labute approximate surface area is 133 Å². The maximum absolute atomic E-state index is 13.3. The molecule has 0 heterocycles. The van der Waals surface area contributed by atoms with Gasteiger partial charge in [0.1, 0.15) is 0 Å². The molecule has 0 atom stereocenters. The third-order valence-corrected chi connectivity index (χ3v) is 4.15. The molecule has 0 aliphatic heterocycles. The quantitative estimate of drug-likeness (QED) is 0.329. The van der Waals surface area contributed by atoms with Gasteiger partial charge >= 0.3 is 24.3 Å². The Bertz CT molecular complexity index is 768. The van der Waals surface area contributed by atoms with Gasteiger partial charge in [-0.1, -0.05) is 12.1 Å². The fourth-order valence-corrected chi connectivity index (χ4v) is 2.72. The number of para-hydroxylation sites is 1. The summed E-state index contributed by atoms with van der Waals surface area (Å²) in [5.74, 6) is -13.4. The molecule has 0 amide bonds. The van der Waals surface area contributed by atoms with Crippen molar-refractivity contribution in [3.05, 3.63) is 34.4 Å². The van der Waals surface area contributed by atoms with Crippen molar-refractivity contribution in [3.8, 4) is 0 Å². The van der Waals surface area contributed by atoms with Crippen molar-refractivity contribution in [2.45, 2.75) is 29.2 Å². The van der Waals surface area contributed by atoms with Crippen LogP contribution in [-0.2, 0) is 10.0 Å². The summed E-state index contributed by atoms with van der Waals surface area (Å²) in [4.78, 5) is 7.70. The van der Waals surface area contributed by atoms with E-state index in [1.807, 2.05) is 0 Å². The van der Waals surface area contributed by atoms with Crippen LogP contribution in [0.1, 0.15) is 0 Å². The summed E-state index contributed by atoms with van der Waals surface area (Å²) >= 11 is 0. The zero-order chi connectivity index (χ0) is 19.8. The van der Waals surface area contributed by atoms with Crippen LogP contribution in [0.2, 0.25) is 0 Å². The lowest BCUT2D eigenvalue weighted by atomic mass is 10.1. The van der Waals surface area contributed by atoms with Gasteiger partial charge in [0, 0.05) is 6.07 Å². The molecular weight excluding hydrogens is 396 g/mol. The molecule has 1 aromatic rings. The van der Waals surface area contributed by atoms with Crippen molar-refractivity contribution < 1.29 is 48.5 Å². The number of hydrogen-bond donors (Lipinski definition) is 1. The van der Waals surface area contributed by atoms with E-state index in [1.54, 1.807) is 0 Å². The highest BCUT2D eigenvalue weighted by atomic mass is 32.2. The van der Waals surface area contributed by atoms with Gasteiger partial charge in [-0.3, -0.25) is 10.1 Å². The van der Waals surface area contributed by atoms with E-state index in [-0.39, 0.29) is 4.72 Å². The highest BCUT2D eigenvalue weighted by molar-refractivity contribution is 7.89. The molecule has 0 aliphatic carbocycles. The molecule has 1 N–H and O–H groups in total. The van der Waals surface area contributed by atoms with Crippen molar-refractivity contribution in [1.29, 1.82) is 0 Å². The number of nitro benzene ring substituents is 1. The molecule has 0 spiro atoms. The number of nitro groups is 1. The van der Waals surface area contributed by atoms with Gasteiger partial charge in [-0.2, -0.15) is 26.3 Å². The Morgan fingerprint density at radius 2 is 1.52 bits per heavy atom. The van der Waals surface area contributed by atoms with Crippen LogP contribution in [0.15, 0.2) is 29.2 Å². The number of nitrogens with one attached hydrogen (secondary N) is 1. The van der Waals surface area contributed by atoms with Crippen LogP contribution in [0.5, 0.6) is 0 Å². The summed E-state index contributed by atoms with van der Waals surface area (Å²) in [5.41, 5.74) is -1.34. The summed E-state index contributed by atoms with van der Waals surface area (Å²) in [6, 6.07) is -3.87. The zero-order valence-corrected chi connectivity index (χ0v) is 12.2. The first-order chi connectivity index (χ1) is 11.1. The summed E-state index contributed by atoms with van der Waals surface area (Å²) in [6.07, 6.45) is -5.25. The van der Waals surface area contributed by atoms with E-state index >= 15 is 0 Å². The molecule has 25 heavy (non-hydrogen) atoms. The minimum Gasteiger partial charge on any atom is -0.258 e. The molecule has 0 saturated carbocycles. The van der Waals surface area contributed by atoms with Crippen molar-refractivity contribution in [3.63, 3.8) is 0 Å². The summed E-state index contributed by atoms with van der Waals surface area (Å²) < 4.78 is 125. The summed E-state index contributed by atoms with van der Waals surface area (Å²) in [5, 5.41) is 10.6. The second kappa shape index (κ2) is 6.36. The van der Waals surface area contributed by atoms with E-state index in [0.29, 0.717) is 12.1 Å². The van der Waals surface area contributed by atoms with Crippen LogP contribution in [0.4, 0.5) is 40.8 Å². The Balaban J connectivity index is 3.38. The molecule has 15 heteroatoms. The first-order valence-corrected chi connectivity index (χ1v) is 7.25. The van der Waals surface area contributed by atoms with Gasteiger partial charge in [0.15, 0.2) is 4.90 Å². The smallest absolute Gasteiger partial charge is 0.258 e. The molecule has 0 unspecified atom stereocenters. The van der Waals surface area contributed by atoms with Crippen LogP contribution in [-0.4, -0.2) is 37.7 Å². The van der Waals surface area contributed by atoms with Gasteiger partial charge in [0.05, 0.1) is 4.92 Å². The molecule has 1 rings (SSSR count). The lowest BCUT2D eigenvalue weighted by molar-refractivity contribution is -0.387. The zero-order valence-electron chi connectivity index (χ0n) is 11.4. The summed E-state index contributed by atoms with van der Waals surface area (Å²) in [7, 11) is -5.86. The van der Waals surface area contributed by atoms with Crippen molar-refractivity contribution in [2.24, 2.45) is 0 Å². The first kappa shape index (κ1) is 21.0. The lowest BCUT2D eigenvalue weighted by Gasteiger charge is -2.32. The molecule has 0 aromatic heterocycles. The molecule has 0 radical (unpaired) electrons. The molecule has 1 aromatic carbocycles. The predicted octanol–water partition coefficient (Wildman–Crippen LogP) is 3.00. The van der Waals surface area contributed by atoms with Crippen LogP contribution >= 0.6 is 0 Å². The van der Waals surface area contributed by atoms with Crippen molar-refractivity contribution in [1.82, 2.24) is 4.72 Å². The number of rotatable bonds is 7. The van der Waals surface area contributed by atoms with Crippen molar-refractivity contribution in [2.75, 3.05) is 0 Å². The predicted molar refractivity (Wildman–Crippen MR) is 64.3 cm³/mol. The maximum atomic E-state index is 13.3. The van der Waals surface area contributed by atoms with E-state index in [2.05, 4.69) is 0 Å². The maximum Gasteiger partial charge on any atom is 0.393 e. The largest absolute Gasteiger partial charge is 0.393 e. The minimum atomic E-state index is -6.84. The molecular formula is C10H6F8N2O4S. The molecule has 6 nitrogen and oxygen atoms in total. The molecule has 142 valence electrons. The van der Waals surface area contributed by atoms with Crippen LogP contribution in [0.3, 0.4) is 0 Å². The fraction of sp³-hybridized carbons (Fsp3) is 0.400. The van der Waals surface area contributed by atoms with Gasteiger partial charge in [-0.15, -0.1) is 4.72 Å². The number of benzene rings is 1. The standard InChI is InChI=1S/C10H6F8N2O4S/c11-7(12)8(13,14)9(15,16)10(17,18)19-25(23,24)6-4-2-1-3-5(6)20(21)22/h1-4,7,19H. The lowest BCUT2D eigenvalue weighted by Crippen LogP contribution is -2.64. The Kier molecular flexibility index (Phi) is 5.35. The normalized spacial score (nSPS) is 14.0. The van der Waals surface area contributed by atoms with E-state index in [4.69, 9.17) is 0 Å². The van der Waals surface area contributed by atoms with E-state index in [1.165, 1.54) is 0 Å². The Hall–Kier alpha value is -2.03. The molecule has 0 bridgehead atoms. The van der Waals surface area contributed by atoms with Gasteiger partial charge in [-0.25, -0.2) is 17.2 Å². The van der Waals surface area contributed by atoms with E-state index in [0.717, 1.165) is 12.1 Å². The first-order valence-electron chi connectivity index (χ1n) is 5.77. The van der Waals surface area contributed by atoms with Crippen LogP contribution in [0, 0.1) is 10.1 Å². The van der Waals surface area contributed by atoms with Gasteiger partial charge in [0.25, 0.3) is 15.7 Å². The summed E-state index contributed by atoms with van der Waals surface area (Å²) in [6.45, 7) is 0. The second-order valence-electron chi connectivity index (χ2n) is 4.40. The molecule has 0 saturated heterocycles. The third-order valence-electron chi connectivity index (χ3n) is 2.70. The highest BCUT2D eigenvalue weighted by Gasteiger charge is 2.76. The number of halogens is 8. The third kappa shape index (κ3) is 3.65. The number of nitrogens with zero attached hydrogens (tertiary/aromatic N) is 1. The van der Waals surface area contributed by atoms with Crippen LogP contribution in [0.25, 0.3) is 0 Å². The second-order valence-corrected chi connectivity index (χ2v) is 6.05. The number of sulfonamides is 1. The number of alkyl halides is 8. The highest BCUT2D eigenvalue weighted by Crippen LogP contribution is 2.47. The fourth-order valence-electron chi connectivity index (χ4n) is 1.47. The van der Waals surface area contributed by atoms with E-state index < -0.39 is 49.8 Å². The Morgan fingerprint density at radius 3 is 1.96 bits per heavy atom. The number of hydrogen-bond acceptors (Lipinski definition) is 4. The van der Waals surface area contributed by atoms with E-state index in [9.17, 15) is 53.7 Å². The van der Waals surface area contributed by atoms with Gasteiger partial charge < -0.3 is 0 Å². The van der Waals surface area contributed by atoms with Crippen LogP contribution < -0.4 is 4.72 Å². The van der Waals surface area contributed by atoms with Gasteiger partial charge in [0.2, 0.25) is 0 Å². The average Bonchev–Trinajstić information content (AvgIpc) is 2.45. The Morgan fingerprint density at radius 1 is 1.04 bits per heavy atom. The molecule has 0 fully saturated rings. The topological polar surface area (TPSA) is 89.3 Å². The minimum absolute atomic E-state index is 0.183. The monoisotopic (exact) mass is 402 g/mol.